The molecule has 42 heavy (non-hydrogen) atoms. The predicted octanol–water partition coefficient (Wildman–Crippen LogP) is 4.31. The number of amides is 2. The lowest BCUT2D eigenvalue weighted by Crippen LogP contribution is -2.71. The fourth-order valence-corrected chi connectivity index (χ4v) is 12.7. The molecule has 3 atom stereocenters. The number of thioether (sulfide) groups is 1. The maximum absolute atomic E-state index is 13.7. The van der Waals surface area contributed by atoms with Crippen LogP contribution >= 0.6 is 19.0 Å². The predicted molar refractivity (Wildman–Crippen MR) is 170 cm³/mol. The van der Waals surface area contributed by atoms with Gasteiger partial charge in [-0.3, -0.25) is 14.5 Å². The summed E-state index contributed by atoms with van der Waals surface area (Å²) in [5, 5.41) is 16.7. The number of nitrogens with zero attached hydrogens (tertiary/aromatic N) is 1. The number of hydrogen-bond donors (Lipinski definition) is 2. The first-order valence-corrected chi connectivity index (χ1v) is 16.5. The zero-order chi connectivity index (χ0) is 29.3. The highest BCUT2D eigenvalue weighted by Crippen LogP contribution is 2.68. The van der Waals surface area contributed by atoms with Gasteiger partial charge in [0.05, 0.1) is 11.7 Å². The van der Waals surface area contributed by atoms with E-state index in [1.54, 1.807) is 0 Å². The molecule has 4 aromatic carbocycles. The number of aliphatic carboxylic acids is 1. The topological polar surface area (TPSA) is 86.7 Å². The van der Waals surface area contributed by atoms with Gasteiger partial charge in [-0.15, -0.1) is 11.8 Å². The summed E-state index contributed by atoms with van der Waals surface area (Å²) in [6.07, 6.45) is 0.148. The van der Waals surface area contributed by atoms with Crippen molar-refractivity contribution in [1.82, 2.24) is 10.2 Å². The molecule has 0 spiro atoms. The summed E-state index contributed by atoms with van der Waals surface area (Å²) in [5.41, 5.74) is 0.870. The third-order valence-electron chi connectivity index (χ3n) is 7.77. The van der Waals surface area contributed by atoms with Crippen LogP contribution in [0.1, 0.15) is 12.5 Å². The third-order valence-corrected chi connectivity index (χ3v) is 13.9. The summed E-state index contributed by atoms with van der Waals surface area (Å²) in [4.78, 5) is 41.2. The van der Waals surface area contributed by atoms with E-state index in [1.807, 2.05) is 91.9 Å². The molecule has 4 aromatic rings. The van der Waals surface area contributed by atoms with Crippen LogP contribution < -0.4 is 21.2 Å². The van der Waals surface area contributed by atoms with Gasteiger partial charge in [-0.2, -0.15) is 0 Å². The number of carbonyl (C=O) groups excluding carboxylic acids is 2. The highest BCUT2D eigenvalue weighted by atomic mass is 32.2. The highest BCUT2D eigenvalue weighted by molar-refractivity contribution is 8.04. The van der Waals surface area contributed by atoms with Crippen molar-refractivity contribution in [2.24, 2.45) is 0 Å². The average Bonchev–Trinajstić information content (AvgIpc) is 3.02. The van der Waals surface area contributed by atoms with Gasteiger partial charge in [-0.05, 0) is 48.9 Å². The monoisotopic (exact) mass is 593 g/mol. The minimum absolute atomic E-state index is 0.0229. The number of carboxylic acids is 1. The number of β-lactam (4-membered cyclic amide) rings is 1. The van der Waals surface area contributed by atoms with E-state index < -0.39 is 30.6 Å². The normalized spacial score (nSPS) is 20.0. The zero-order valence-corrected chi connectivity index (χ0v) is 24.7. The molecule has 2 heterocycles. The number of benzene rings is 4. The molecule has 2 amide bonds. The summed E-state index contributed by atoms with van der Waals surface area (Å²) >= 11 is 1.53. The Morgan fingerprint density at radius 2 is 1.24 bits per heavy atom. The van der Waals surface area contributed by atoms with Crippen molar-refractivity contribution >= 4 is 52.7 Å². The Labute approximate surface area is 249 Å². The van der Waals surface area contributed by atoms with Gasteiger partial charge >= 0.3 is 5.97 Å². The summed E-state index contributed by atoms with van der Waals surface area (Å²) in [5.74, 6) is -1.81. The second-order valence-electron chi connectivity index (χ2n) is 10.3. The summed E-state index contributed by atoms with van der Waals surface area (Å²) in [7, 11) is -2.75. The van der Waals surface area contributed by atoms with Gasteiger partial charge in [-0.1, -0.05) is 84.9 Å². The lowest BCUT2D eigenvalue weighted by molar-refractivity contribution is -0.150. The van der Waals surface area contributed by atoms with Crippen LogP contribution in [0.5, 0.6) is 0 Å². The molecule has 6 nitrogen and oxygen atoms in total. The second-order valence-corrected chi connectivity index (χ2v) is 15.1. The number of fused-ring (bicyclic) bond motifs is 1. The van der Waals surface area contributed by atoms with Gasteiger partial charge in [0.15, 0.2) is 5.70 Å². The van der Waals surface area contributed by atoms with Crippen molar-refractivity contribution in [3.63, 3.8) is 0 Å². The quantitative estimate of drug-likeness (QED) is 0.235. The van der Waals surface area contributed by atoms with Crippen molar-refractivity contribution in [2.45, 2.75) is 30.0 Å². The molecule has 210 valence electrons. The van der Waals surface area contributed by atoms with Crippen LogP contribution in [0.25, 0.3) is 0 Å². The Balaban J connectivity index is 1.49. The molecule has 1 saturated heterocycles. The molecule has 0 aliphatic carbocycles. The number of rotatable bonds is 8. The highest BCUT2D eigenvalue weighted by Gasteiger charge is 2.63. The van der Waals surface area contributed by atoms with Gasteiger partial charge in [0.2, 0.25) is 5.91 Å². The van der Waals surface area contributed by atoms with E-state index in [0.29, 0.717) is 0 Å². The number of carboxylic acid groups (broad SMARTS) is 1. The van der Waals surface area contributed by atoms with E-state index in [0.717, 1.165) is 26.8 Å². The SMILES string of the molecule is CC1S[C@@H]2C(NC(=O)Cc3ccccc3)C(=O)N2C(C(=O)O)=C1[P+](c1ccccc1)(c1ccccc1)c1ccccc1. The molecule has 2 aliphatic heterocycles. The molecule has 0 aromatic heterocycles. The molecule has 8 heteroatoms. The van der Waals surface area contributed by atoms with Crippen LogP contribution in [0.2, 0.25) is 0 Å². The Morgan fingerprint density at radius 1 is 0.786 bits per heavy atom. The molecule has 2 unspecified atom stereocenters. The smallest absolute Gasteiger partial charge is 0.356 e. The molecule has 2 N–H and O–H groups in total. The molecule has 0 saturated carbocycles. The largest absolute Gasteiger partial charge is 0.476 e. The fourth-order valence-electron chi connectivity index (χ4n) is 6.03. The molecule has 2 aliphatic rings. The summed E-state index contributed by atoms with van der Waals surface area (Å²) in [6.45, 7) is 2.02. The Morgan fingerprint density at radius 3 is 1.69 bits per heavy atom. The average molecular weight is 594 g/mol. The lowest BCUT2D eigenvalue weighted by atomic mass is 10.0. The van der Waals surface area contributed by atoms with Crippen LogP contribution in [-0.2, 0) is 20.8 Å². The first-order chi connectivity index (χ1) is 20.4. The number of hydrogen-bond acceptors (Lipinski definition) is 4. The Hall–Kier alpha value is -4.19. The van der Waals surface area contributed by atoms with E-state index >= 15 is 0 Å². The zero-order valence-electron chi connectivity index (χ0n) is 23.0. The van der Waals surface area contributed by atoms with Gasteiger partial charge < -0.3 is 10.4 Å². The van der Waals surface area contributed by atoms with Gasteiger partial charge in [-0.25, -0.2) is 4.79 Å². The maximum Gasteiger partial charge on any atom is 0.356 e. The molecule has 6 rings (SSSR count). The van der Waals surface area contributed by atoms with Crippen molar-refractivity contribution in [3.05, 3.63) is 138 Å². The minimum atomic E-state index is -2.75. The molecule has 0 radical (unpaired) electrons. The van der Waals surface area contributed by atoms with Gasteiger partial charge in [0.25, 0.3) is 5.91 Å². The number of nitrogens with one attached hydrogen (secondary N) is 1. The Kier molecular flexibility index (Phi) is 7.72. The first kappa shape index (κ1) is 28.0. The molecular formula is C34H30N2O4PS+. The number of carbonyl (C=O) groups is 3. The minimum Gasteiger partial charge on any atom is -0.476 e. The van der Waals surface area contributed by atoms with Crippen LogP contribution in [0, 0.1) is 0 Å². The fraction of sp³-hybridized carbons (Fsp3) is 0.147. The molecular weight excluding hydrogens is 563 g/mol. The third kappa shape index (κ3) is 4.73. The first-order valence-electron chi connectivity index (χ1n) is 13.8. The second kappa shape index (κ2) is 11.6. The van der Waals surface area contributed by atoms with E-state index in [-0.39, 0.29) is 23.3 Å². The van der Waals surface area contributed by atoms with Crippen molar-refractivity contribution < 1.29 is 19.5 Å². The Bertz CT molecular complexity index is 1550. The van der Waals surface area contributed by atoms with Crippen LogP contribution in [-0.4, -0.2) is 44.5 Å². The van der Waals surface area contributed by atoms with Crippen molar-refractivity contribution in [3.8, 4) is 0 Å². The molecule has 0 bridgehead atoms. The summed E-state index contributed by atoms with van der Waals surface area (Å²) in [6, 6.07) is 38.7. The van der Waals surface area contributed by atoms with E-state index in [4.69, 9.17) is 0 Å². The van der Waals surface area contributed by atoms with Gasteiger partial charge in [0.1, 0.15) is 39.9 Å². The molecule has 1 fully saturated rings. The summed E-state index contributed by atoms with van der Waals surface area (Å²) < 4.78 is 0. The van der Waals surface area contributed by atoms with Crippen LogP contribution in [0.15, 0.2) is 132 Å². The van der Waals surface area contributed by atoms with E-state index in [1.165, 1.54) is 16.7 Å². The van der Waals surface area contributed by atoms with Crippen LogP contribution in [0.4, 0.5) is 0 Å². The van der Waals surface area contributed by atoms with E-state index in [2.05, 4.69) is 41.7 Å². The lowest BCUT2D eigenvalue weighted by Gasteiger charge is -2.51. The van der Waals surface area contributed by atoms with Crippen molar-refractivity contribution in [1.29, 1.82) is 0 Å². The standard InChI is InChI=1S/C34H29N2O4PS/c1-23-31(41(25-16-8-3-9-17-25,26-18-10-4-11-19-26)27-20-12-5-13-21-27)30(34(39)40)36-32(38)29(33(36)42-23)35-28(37)22-24-14-6-2-7-15-24/h2-21,23,29,33H,22H2,1H3,(H-,35,37,39,40)/p+1/t23?,29?,33-/m1/s1. The van der Waals surface area contributed by atoms with Gasteiger partial charge in [0, 0.05) is 0 Å². The maximum atomic E-state index is 13.7. The van der Waals surface area contributed by atoms with Crippen molar-refractivity contribution in [2.75, 3.05) is 0 Å². The van der Waals surface area contributed by atoms with Crippen LogP contribution in [0.3, 0.4) is 0 Å². The van der Waals surface area contributed by atoms with E-state index in [9.17, 15) is 19.5 Å².